The Hall–Kier alpha value is -2.09. The molecule has 1 N–H and O–H groups in total. The number of nitrogens with one attached hydrogen (secondary N) is 1. The van der Waals surface area contributed by atoms with Crippen LogP contribution < -0.4 is 10.2 Å². The van der Waals surface area contributed by atoms with Gasteiger partial charge >= 0.3 is 0 Å². The average Bonchev–Trinajstić information content (AvgIpc) is 2.35. The Morgan fingerprint density at radius 3 is 2.72 bits per heavy atom. The molecule has 18 heavy (non-hydrogen) atoms. The number of nitrogens with zero attached hydrogens (tertiary/aromatic N) is 1. The standard InChI is InChI=1S/C13H12F2N2O/c1-3-5-17-12-7-9(15)8(14)6-11(12)16-10(4-2)13(17)18/h1,6-7,10,16H,4-5H2,2H3. The first kappa shape index (κ1) is 12.4. The lowest BCUT2D eigenvalue weighted by molar-refractivity contribution is -0.119. The highest BCUT2D eigenvalue weighted by atomic mass is 19.2. The van der Waals surface area contributed by atoms with E-state index in [1.165, 1.54) is 4.90 Å². The molecule has 0 bridgehead atoms. The monoisotopic (exact) mass is 250 g/mol. The van der Waals surface area contributed by atoms with Crippen LogP contribution in [0.5, 0.6) is 0 Å². The van der Waals surface area contributed by atoms with Gasteiger partial charge in [0.2, 0.25) is 5.91 Å². The smallest absolute Gasteiger partial charge is 0.250 e. The van der Waals surface area contributed by atoms with Crippen molar-refractivity contribution in [3.05, 3.63) is 23.8 Å². The van der Waals surface area contributed by atoms with Gasteiger partial charge in [-0.05, 0) is 6.42 Å². The average molecular weight is 250 g/mol. The quantitative estimate of drug-likeness (QED) is 0.815. The van der Waals surface area contributed by atoms with Crippen LogP contribution >= 0.6 is 0 Å². The van der Waals surface area contributed by atoms with Gasteiger partial charge in [0, 0.05) is 12.1 Å². The molecule has 94 valence electrons. The molecule has 1 aliphatic rings. The molecule has 3 nitrogen and oxygen atoms in total. The summed E-state index contributed by atoms with van der Waals surface area (Å²) in [5, 5.41) is 2.89. The van der Waals surface area contributed by atoms with Gasteiger partial charge in [0.05, 0.1) is 17.9 Å². The minimum absolute atomic E-state index is 0.0368. The molecular weight excluding hydrogens is 238 g/mol. The summed E-state index contributed by atoms with van der Waals surface area (Å²) in [7, 11) is 0. The highest BCUT2D eigenvalue weighted by Gasteiger charge is 2.31. The maximum atomic E-state index is 13.2. The van der Waals surface area contributed by atoms with Crippen molar-refractivity contribution < 1.29 is 13.6 Å². The van der Waals surface area contributed by atoms with Gasteiger partial charge in [0.25, 0.3) is 0 Å². The summed E-state index contributed by atoms with van der Waals surface area (Å²) >= 11 is 0. The van der Waals surface area contributed by atoms with Gasteiger partial charge in [-0.25, -0.2) is 8.78 Å². The van der Waals surface area contributed by atoms with E-state index in [0.717, 1.165) is 12.1 Å². The second kappa shape index (κ2) is 4.65. The normalized spacial score (nSPS) is 18.0. The summed E-state index contributed by atoms with van der Waals surface area (Å²) in [6, 6.07) is 1.57. The third-order valence-corrected chi connectivity index (χ3v) is 2.88. The molecule has 0 fully saturated rings. The van der Waals surface area contributed by atoms with Crippen LogP contribution in [0.15, 0.2) is 12.1 Å². The summed E-state index contributed by atoms with van der Waals surface area (Å²) in [5.41, 5.74) is 0.664. The number of anilines is 2. The third kappa shape index (κ3) is 1.90. The summed E-state index contributed by atoms with van der Waals surface area (Å²) in [6.45, 7) is 1.86. The van der Waals surface area contributed by atoms with Crippen molar-refractivity contribution >= 4 is 17.3 Å². The topological polar surface area (TPSA) is 32.3 Å². The first-order valence-electron chi connectivity index (χ1n) is 5.59. The fourth-order valence-electron chi connectivity index (χ4n) is 1.96. The van der Waals surface area contributed by atoms with Gasteiger partial charge in [-0.15, -0.1) is 6.42 Å². The number of fused-ring (bicyclic) bond motifs is 1. The Kier molecular flexibility index (Phi) is 3.19. The van der Waals surface area contributed by atoms with E-state index in [0.29, 0.717) is 12.1 Å². The predicted octanol–water partition coefficient (Wildman–Crippen LogP) is 2.14. The van der Waals surface area contributed by atoms with Gasteiger partial charge in [0.1, 0.15) is 6.04 Å². The molecule has 0 aliphatic carbocycles. The Bertz CT molecular complexity index is 537. The second-order valence-corrected chi connectivity index (χ2v) is 4.02. The lowest BCUT2D eigenvalue weighted by atomic mass is 10.1. The van der Waals surface area contributed by atoms with Gasteiger partial charge in [-0.1, -0.05) is 12.8 Å². The molecular formula is C13H12F2N2O. The van der Waals surface area contributed by atoms with Crippen molar-refractivity contribution in [3.63, 3.8) is 0 Å². The van der Waals surface area contributed by atoms with E-state index in [2.05, 4.69) is 11.2 Å². The second-order valence-electron chi connectivity index (χ2n) is 4.02. The number of benzene rings is 1. The number of carbonyl (C=O) groups is 1. The van der Waals surface area contributed by atoms with Crippen LogP contribution in [0.25, 0.3) is 0 Å². The largest absolute Gasteiger partial charge is 0.372 e. The summed E-state index contributed by atoms with van der Waals surface area (Å²) in [5.74, 6) is 0.168. The van der Waals surface area contributed by atoms with E-state index in [9.17, 15) is 13.6 Å². The summed E-state index contributed by atoms with van der Waals surface area (Å²) < 4.78 is 26.4. The molecule has 5 heteroatoms. The van der Waals surface area contributed by atoms with E-state index < -0.39 is 17.7 Å². The maximum Gasteiger partial charge on any atom is 0.250 e. The summed E-state index contributed by atoms with van der Waals surface area (Å²) in [6.07, 6.45) is 5.74. The maximum absolute atomic E-state index is 13.2. The Balaban J connectivity index is 2.52. The molecule has 1 aromatic carbocycles. The van der Waals surface area contributed by atoms with Crippen molar-refractivity contribution in [1.82, 2.24) is 0 Å². The molecule has 1 aromatic rings. The van der Waals surface area contributed by atoms with E-state index >= 15 is 0 Å². The van der Waals surface area contributed by atoms with Crippen LogP contribution in [0.1, 0.15) is 13.3 Å². The zero-order chi connectivity index (χ0) is 13.3. The van der Waals surface area contributed by atoms with Crippen LogP contribution in [0, 0.1) is 24.0 Å². The molecule has 0 aromatic heterocycles. The zero-order valence-corrected chi connectivity index (χ0v) is 9.84. The Labute approximate surface area is 104 Å². The lowest BCUT2D eigenvalue weighted by Gasteiger charge is -2.34. The molecule has 1 heterocycles. The molecule has 0 saturated heterocycles. The molecule has 0 spiro atoms. The van der Waals surface area contributed by atoms with Crippen LogP contribution in [-0.4, -0.2) is 18.5 Å². The Morgan fingerprint density at radius 1 is 1.44 bits per heavy atom. The first-order valence-corrected chi connectivity index (χ1v) is 5.59. The first-order chi connectivity index (χ1) is 8.58. The van der Waals surface area contributed by atoms with E-state index in [4.69, 9.17) is 6.42 Å². The van der Waals surface area contributed by atoms with Gasteiger partial charge in [-0.2, -0.15) is 0 Å². The molecule has 0 radical (unpaired) electrons. The number of rotatable bonds is 2. The minimum atomic E-state index is -1.000. The van der Waals surface area contributed by atoms with Gasteiger partial charge in [0.15, 0.2) is 11.6 Å². The van der Waals surface area contributed by atoms with Crippen LogP contribution in [0.4, 0.5) is 20.2 Å². The molecule has 1 aliphatic heterocycles. The number of carbonyl (C=O) groups excluding carboxylic acids is 1. The highest BCUT2D eigenvalue weighted by molar-refractivity contribution is 6.05. The molecule has 1 amide bonds. The van der Waals surface area contributed by atoms with Crippen molar-refractivity contribution in [2.75, 3.05) is 16.8 Å². The number of hydrogen-bond donors (Lipinski definition) is 1. The predicted molar refractivity (Wildman–Crippen MR) is 65.2 cm³/mol. The van der Waals surface area contributed by atoms with Crippen LogP contribution in [0.3, 0.4) is 0 Å². The molecule has 0 saturated carbocycles. The molecule has 1 unspecified atom stereocenters. The van der Waals surface area contributed by atoms with Crippen molar-refractivity contribution in [1.29, 1.82) is 0 Å². The lowest BCUT2D eigenvalue weighted by Crippen LogP contribution is -2.47. The van der Waals surface area contributed by atoms with Crippen LogP contribution in [-0.2, 0) is 4.79 Å². The van der Waals surface area contributed by atoms with Crippen molar-refractivity contribution in [3.8, 4) is 12.3 Å². The number of hydrogen-bond acceptors (Lipinski definition) is 2. The van der Waals surface area contributed by atoms with Crippen molar-refractivity contribution in [2.24, 2.45) is 0 Å². The fourth-order valence-corrected chi connectivity index (χ4v) is 1.96. The number of halogens is 2. The van der Waals surface area contributed by atoms with E-state index in [1.54, 1.807) is 0 Å². The van der Waals surface area contributed by atoms with Gasteiger partial charge in [-0.3, -0.25) is 9.69 Å². The minimum Gasteiger partial charge on any atom is -0.372 e. The number of amides is 1. The Morgan fingerprint density at radius 2 is 2.11 bits per heavy atom. The third-order valence-electron chi connectivity index (χ3n) is 2.88. The molecule has 2 rings (SSSR count). The zero-order valence-electron chi connectivity index (χ0n) is 9.84. The van der Waals surface area contributed by atoms with E-state index in [-0.39, 0.29) is 18.1 Å². The van der Waals surface area contributed by atoms with Gasteiger partial charge < -0.3 is 5.32 Å². The van der Waals surface area contributed by atoms with Crippen molar-refractivity contribution in [2.45, 2.75) is 19.4 Å². The highest BCUT2D eigenvalue weighted by Crippen LogP contribution is 2.33. The summed E-state index contributed by atoms with van der Waals surface area (Å²) in [4.78, 5) is 13.4. The van der Waals surface area contributed by atoms with Crippen LogP contribution in [0.2, 0.25) is 0 Å². The SMILES string of the molecule is C#CCN1C(=O)C(CC)Nc2cc(F)c(F)cc21. The van der Waals surface area contributed by atoms with E-state index in [1.807, 2.05) is 6.92 Å². The number of terminal acetylenes is 1. The fraction of sp³-hybridized carbons (Fsp3) is 0.308. The molecule has 1 atom stereocenters.